The van der Waals surface area contributed by atoms with Crippen molar-refractivity contribution in [1.29, 1.82) is 0 Å². The third-order valence-corrected chi connectivity index (χ3v) is 2.31. The standard InChI is InChI=1S/C12H23NO5/c1-12(2,7-14)8-17-10(15)5-3-4-6-11(16)18-9-13/h14H,3-9,13H2,1-2H3. The Bertz CT molecular complexity index is 265. The number of rotatable bonds is 9. The average molecular weight is 261 g/mol. The van der Waals surface area contributed by atoms with Crippen LogP contribution < -0.4 is 5.73 Å². The van der Waals surface area contributed by atoms with E-state index in [-0.39, 0.29) is 44.7 Å². The first-order valence-corrected chi connectivity index (χ1v) is 6.03. The summed E-state index contributed by atoms with van der Waals surface area (Å²) in [6.07, 6.45) is 1.65. The molecule has 0 aromatic carbocycles. The number of aliphatic hydroxyl groups is 1. The molecule has 0 bridgehead atoms. The van der Waals surface area contributed by atoms with Gasteiger partial charge >= 0.3 is 11.9 Å². The van der Waals surface area contributed by atoms with Gasteiger partial charge < -0.3 is 14.6 Å². The van der Waals surface area contributed by atoms with Gasteiger partial charge in [0, 0.05) is 18.3 Å². The van der Waals surface area contributed by atoms with Crippen LogP contribution >= 0.6 is 0 Å². The third-order valence-electron chi connectivity index (χ3n) is 2.31. The zero-order chi connectivity index (χ0) is 14.0. The maximum atomic E-state index is 11.3. The van der Waals surface area contributed by atoms with Crippen LogP contribution in [0.5, 0.6) is 0 Å². The first-order chi connectivity index (χ1) is 8.41. The third kappa shape index (κ3) is 8.95. The summed E-state index contributed by atoms with van der Waals surface area (Å²) >= 11 is 0. The Labute approximate surface area is 107 Å². The molecular weight excluding hydrogens is 238 g/mol. The molecule has 106 valence electrons. The van der Waals surface area contributed by atoms with Crippen LogP contribution in [0.4, 0.5) is 0 Å². The van der Waals surface area contributed by atoms with Crippen LogP contribution in [0.3, 0.4) is 0 Å². The van der Waals surface area contributed by atoms with Gasteiger partial charge in [-0.25, -0.2) is 0 Å². The van der Waals surface area contributed by atoms with Gasteiger partial charge in [0.2, 0.25) is 0 Å². The monoisotopic (exact) mass is 261 g/mol. The highest BCUT2D eigenvalue weighted by Gasteiger charge is 2.18. The molecule has 0 rings (SSSR count). The number of nitrogens with two attached hydrogens (primary N) is 1. The molecule has 0 aliphatic carbocycles. The molecule has 0 aromatic rings. The fourth-order valence-electron chi connectivity index (χ4n) is 1.10. The molecule has 0 heterocycles. The molecule has 0 radical (unpaired) electrons. The summed E-state index contributed by atoms with van der Waals surface area (Å²) in [4.78, 5) is 22.3. The van der Waals surface area contributed by atoms with Crippen molar-refractivity contribution in [3.05, 3.63) is 0 Å². The van der Waals surface area contributed by atoms with E-state index < -0.39 is 5.41 Å². The molecule has 6 heteroatoms. The molecule has 0 aliphatic rings. The minimum atomic E-state index is -0.416. The number of unbranched alkanes of at least 4 members (excludes halogenated alkanes) is 1. The molecule has 3 N–H and O–H groups in total. The highest BCUT2D eigenvalue weighted by Crippen LogP contribution is 2.14. The number of esters is 2. The van der Waals surface area contributed by atoms with Crippen LogP contribution in [0.1, 0.15) is 39.5 Å². The maximum Gasteiger partial charge on any atom is 0.307 e. The molecule has 0 atom stereocenters. The lowest BCUT2D eigenvalue weighted by Crippen LogP contribution is -2.25. The van der Waals surface area contributed by atoms with Crippen molar-refractivity contribution in [1.82, 2.24) is 0 Å². The van der Waals surface area contributed by atoms with Gasteiger partial charge in [-0.05, 0) is 12.8 Å². The fraction of sp³-hybridized carbons (Fsp3) is 0.833. The van der Waals surface area contributed by atoms with Crippen LogP contribution in [-0.4, -0.2) is 37.0 Å². The Balaban J connectivity index is 3.57. The molecule has 18 heavy (non-hydrogen) atoms. The van der Waals surface area contributed by atoms with Crippen molar-refractivity contribution < 1.29 is 24.2 Å². The Morgan fingerprint density at radius 3 is 2.06 bits per heavy atom. The summed E-state index contributed by atoms with van der Waals surface area (Å²) in [5.41, 5.74) is 4.62. The lowest BCUT2D eigenvalue weighted by Gasteiger charge is -2.20. The van der Waals surface area contributed by atoms with Crippen molar-refractivity contribution in [2.75, 3.05) is 19.9 Å². The van der Waals surface area contributed by atoms with Crippen LogP contribution in [0.15, 0.2) is 0 Å². The predicted octanol–water partition coefficient (Wildman–Crippen LogP) is 0.568. The summed E-state index contributed by atoms with van der Waals surface area (Å²) in [6.45, 7) is 3.66. The summed E-state index contributed by atoms with van der Waals surface area (Å²) in [5, 5.41) is 8.98. The molecule has 6 nitrogen and oxygen atoms in total. The summed E-state index contributed by atoms with van der Waals surface area (Å²) in [6, 6.07) is 0. The summed E-state index contributed by atoms with van der Waals surface area (Å²) in [7, 11) is 0. The number of hydrogen-bond acceptors (Lipinski definition) is 6. The highest BCUT2D eigenvalue weighted by atomic mass is 16.5. The van der Waals surface area contributed by atoms with Gasteiger partial charge in [-0.15, -0.1) is 0 Å². The Morgan fingerprint density at radius 2 is 1.61 bits per heavy atom. The van der Waals surface area contributed by atoms with Crippen molar-refractivity contribution in [3.63, 3.8) is 0 Å². The number of ether oxygens (including phenoxy) is 2. The van der Waals surface area contributed by atoms with E-state index in [1.165, 1.54) is 0 Å². The van der Waals surface area contributed by atoms with Crippen LogP contribution in [0.2, 0.25) is 0 Å². The number of hydrogen-bond donors (Lipinski definition) is 2. The van der Waals surface area contributed by atoms with Gasteiger partial charge in [-0.1, -0.05) is 13.8 Å². The van der Waals surface area contributed by atoms with Crippen LogP contribution in [-0.2, 0) is 19.1 Å². The van der Waals surface area contributed by atoms with E-state index in [4.69, 9.17) is 15.6 Å². The zero-order valence-corrected chi connectivity index (χ0v) is 11.1. The molecule has 0 amide bonds. The number of carbonyl (C=O) groups excluding carboxylic acids is 2. The van der Waals surface area contributed by atoms with Gasteiger partial charge in [0.1, 0.15) is 6.73 Å². The van der Waals surface area contributed by atoms with Gasteiger partial charge in [0.15, 0.2) is 0 Å². The minimum Gasteiger partial charge on any atom is -0.465 e. The van der Waals surface area contributed by atoms with Crippen LogP contribution in [0, 0.1) is 5.41 Å². The van der Waals surface area contributed by atoms with Crippen molar-refractivity contribution >= 4 is 11.9 Å². The largest absolute Gasteiger partial charge is 0.465 e. The van der Waals surface area contributed by atoms with E-state index in [2.05, 4.69) is 4.74 Å². The van der Waals surface area contributed by atoms with E-state index in [1.54, 1.807) is 0 Å². The fourth-order valence-corrected chi connectivity index (χ4v) is 1.10. The molecule has 0 saturated heterocycles. The predicted molar refractivity (Wildman–Crippen MR) is 65.4 cm³/mol. The van der Waals surface area contributed by atoms with E-state index in [1.807, 2.05) is 13.8 Å². The SMILES string of the molecule is CC(C)(CO)COC(=O)CCCCC(=O)OCN. The molecule has 0 saturated carbocycles. The second kappa shape index (κ2) is 8.88. The zero-order valence-electron chi connectivity index (χ0n) is 11.1. The first kappa shape index (κ1) is 16.9. The van der Waals surface area contributed by atoms with E-state index in [0.717, 1.165) is 0 Å². The van der Waals surface area contributed by atoms with E-state index >= 15 is 0 Å². The topological polar surface area (TPSA) is 98.8 Å². The Hall–Kier alpha value is -1.14. The minimum absolute atomic E-state index is 0.0365. The number of aliphatic hydroxyl groups excluding tert-OH is 1. The Morgan fingerprint density at radius 1 is 1.11 bits per heavy atom. The lowest BCUT2D eigenvalue weighted by molar-refractivity contribution is -0.148. The molecular formula is C12H23NO5. The van der Waals surface area contributed by atoms with E-state index in [0.29, 0.717) is 12.8 Å². The average Bonchev–Trinajstić information content (AvgIpc) is 2.33. The highest BCUT2D eigenvalue weighted by molar-refractivity contribution is 5.70. The smallest absolute Gasteiger partial charge is 0.307 e. The van der Waals surface area contributed by atoms with Gasteiger partial charge in [0.25, 0.3) is 0 Å². The molecule has 0 spiro atoms. The van der Waals surface area contributed by atoms with Gasteiger partial charge in [-0.2, -0.15) is 0 Å². The van der Waals surface area contributed by atoms with Crippen molar-refractivity contribution in [3.8, 4) is 0 Å². The quantitative estimate of drug-likeness (QED) is 0.357. The lowest BCUT2D eigenvalue weighted by atomic mass is 9.97. The molecule has 0 aromatic heterocycles. The Kier molecular flexibility index (Phi) is 8.32. The second-order valence-corrected chi connectivity index (χ2v) is 4.87. The van der Waals surface area contributed by atoms with Crippen molar-refractivity contribution in [2.45, 2.75) is 39.5 Å². The molecule has 0 unspecified atom stereocenters. The molecule has 0 fully saturated rings. The normalized spacial score (nSPS) is 11.1. The van der Waals surface area contributed by atoms with Gasteiger partial charge in [-0.3, -0.25) is 15.3 Å². The number of carbonyl (C=O) groups is 2. The molecule has 0 aliphatic heterocycles. The second-order valence-electron chi connectivity index (χ2n) is 4.87. The first-order valence-electron chi connectivity index (χ1n) is 6.03. The van der Waals surface area contributed by atoms with Crippen LogP contribution in [0.25, 0.3) is 0 Å². The van der Waals surface area contributed by atoms with Crippen molar-refractivity contribution in [2.24, 2.45) is 11.1 Å². The maximum absolute atomic E-state index is 11.3. The summed E-state index contributed by atoms with van der Waals surface area (Å²) < 4.78 is 9.57. The summed E-state index contributed by atoms with van der Waals surface area (Å²) in [5.74, 6) is -0.670. The van der Waals surface area contributed by atoms with Gasteiger partial charge in [0.05, 0.1) is 13.2 Å². The van der Waals surface area contributed by atoms with E-state index in [9.17, 15) is 9.59 Å².